The smallest absolute Gasteiger partial charge is 0.248 e. The molecule has 0 aromatic rings. The molecule has 114 valence electrons. The van der Waals surface area contributed by atoms with Crippen LogP contribution in [-0.4, -0.2) is 73.7 Å². The van der Waals surface area contributed by atoms with Crippen molar-refractivity contribution in [3.63, 3.8) is 0 Å². The van der Waals surface area contributed by atoms with Crippen LogP contribution in [0.25, 0.3) is 0 Å². The Labute approximate surface area is 121 Å². The average molecular weight is 281 g/mol. The van der Waals surface area contributed by atoms with Crippen LogP contribution in [0.4, 0.5) is 0 Å². The molecule has 1 amide bonds. The highest BCUT2D eigenvalue weighted by molar-refractivity contribution is 5.93. The van der Waals surface area contributed by atoms with Crippen molar-refractivity contribution in [2.24, 2.45) is 0 Å². The predicted octanol–water partition coefficient (Wildman–Crippen LogP) is 0.474. The van der Waals surface area contributed by atoms with Crippen LogP contribution in [0, 0.1) is 0 Å². The first-order valence-electron chi connectivity index (χ1n) is 7.66. The quantitative estimate of drug-likeness (QED) is 0.719. The molecule has 1 atom stereocenters. The largest absolute Gasteiger partial charge is 0.378 e. The summed E-state index contributed by atoms with van der Waals surface area (Å²) in [4.78, 5) is 16.8. The lowest BCUT2D eigenvalue weighted by Gasteiger charge is -2.44. The van der Waals surface area contributed by atoms with Gasteiger partial charge in [-0.25, -0.2) is 0 Å². The Balaban J connectivity index is 1.76. The Bertz CT molecular complexity index is 347. The molecule has 5 nitrogen and oxygen atoms in total. The molecule has 0 aromatic heterocycles. The zero-order chi connectivity index (χ0) is 14.5. The van der Waals surface area contributed by atoms with E-state index in [2.05, 4.69) is 35.5 Å². The standard InChI is InChI=1S/C15H27N3O2/c1-4-5-16-15(19)12(2)13(3)17-6-8-18(9-7-17)14-10-20-11-14/h13-14H,2,4-11H2,1,3H3,(H,16,19). The Morgan fingerprint density at radius 1 is 1.35 bits per heavy atom. The fourth-order valence-corrected chi connectivity index (χ4v) is 2.69. The highest BCUT2D eigenvalue weighted by atomic mass is 16.5. The van der Waals surface area contributed by atoms with E-state index < -0.39 is 0 Å². The topological polar surface area (TPSA) is 44.8 Å². The molecule has 1 unspecified atom stereocenters. The fourth-order valence-electron chi connectivity index (χ4n) is 2.69. The van der Waals surface area contributed by atoms with Gasteiger partial charge >= 0.3 is 0 Å². The molecule has 0 aliphatic carbocycles. The second-order valence-electron chi connectivity index (χ2n) is 5.72. The lowest BCUT2D eigenvalue weighted by atomic mass is 10.1. The number of hydrogen-bond donors (Lipinski definition) is 1. The minimum absolute atomic E-state index is 0.00540. The van der Waals surface area contributed by atoms with Crippen LogP contribution in [0.5, 0.6) is 0 Å². The minimum atomic E-state index is -0.00540. The lowest BCUT2D eigenvalue weighted by Crippen LogP contribution is -2.58. The van der Waals surface area contributed by atoms with Crippen molar-refractivity contribution in [1.29, 1.82) is 0 Å². The number of hydrogen-bond acceptors (Lipinski definition) is 4. The van der Waals surface area contributed by atoms with Crippen molar-refractivity contribution in [1.82, 2.24) is 15.1 Å². The number of nitrogens with zero attached hydrogens (tertiary/aromatic N) is 2. The summed E-state index contributed by atoms with van der Waals surface area (Å²) in [5, 5.41) is 2.91. The number of carbonyl (C=O) groups is 1. The van der Waals surface area contributed by atoms with Crippen molar-refractivity contribution in [3.8, 4) is 0 Å². The summed E-state index contributed by atoms with van der Waals surface area (Å²) in [5.41, 5.74) is 0.680. The van der Waals surface area contributed by atoms with Gasteiger partial charge in [0, 0.05) is 44.3 Å². The van der Waals surface area contributed by atoms with E-state index in [-0.39, 0.29) is 11.9 Å². The molecule has 2 saturated heterocycles. The summed E-state index contributed by atoms with van der Waals surface area (Å²) < 4.78 is 5.25. The molecule has 2 aliphatic heterocycles. The molecule has 2 rings (SSSR count). The average Bonchev–Trinajstić information content (AvgIpc) is 2.42. The first-order valence-corrected chi connectivity index (χ1v) is 7.66. The maximum absolute atomic E-state index is 11.9. The van der Waals surface area contributed by atoms with Gasteiger partial charge in [0.15, 0.2) is 0 Å². The number of piperazine rings is 1. The van der Waals surface area contributed by atoms with Crippen LogP contribution in [0.1, 0.15) is 20.3 Å². The summed E-state index contributed by atoms with van der Waals surface area (Å²) >= 11 is 0. The van der Waals surface area contributed by atoms with Crippen molar-refractivity contribution in [3.05, 3.63) is 12.2 Å². The normalized spacial score (nSPS) is 23.1. The van der Waals surface area contributed by atoms with E-state index in [1.807, 2.05) is 0 Å². The van der Waals surface area contributed by atoms with Gasteiger partial charge in [0.2, 0.25) is 5.91 Å². The second kappa shape index (κ2) is 7.20. The molecular formula is C15H27N3O2. The Kier molecular flexibility index (Phi) is 5.57. The van der Waals surface area contributed by atoms with Crippen molar-refractivity contribution < 1.29 is 9.53 Å². The van der Waals surface area contributed by atoms with Gasteiger partial charge in [-0.2, -0.15) is 0 Å². The van der Waals surface area contributed by atoms with E-state index in [4.69, 9.17) is 4.74 Å². The molecule has 0 saturated carbocycles. The molecule has 0 spiro atoms. The maximum Gasteiger partial charge on any atom is 0.248 e. The van der Waals surface area contributed by atoms with E-state index in [1.165, 1.54) is 0 Å². The molecule has 0 radical (unpaired) electrons. The van der Waals surface area contributed by atoms with Crippen LogP contribution in [0.3, 0.4) is 0 Å². The Morgan fingerprint density at radius 2 is 2.00 bits per heavy atom. The van der Waals surface area contributed by atoms with Crippen LogP contribution >= 0.6 is 0 Å². The van der Waals surface area contributed by atoms with Crippen LogP contribution in [0.2, 0.25) is 0 Å². The van der Waals surface area contributed by atoms with Crippen LogP contribution < -0.4 is 5.32 Å². The zero-order valence-electron chi connectivity index (χ0n) is 12.7. The van der Waals surface area contributed by atoms with Gasteiger partial charge in [-0.3, -0.25) is 14.6 Å². The van der Waals surface area contributed by atoms with Gasteiger partial charge in [0.05, 0.1) is 19.3 Å². The number of rotatable bonds is 6. The maximum atomic E-state index is 11.9. The number of nitrogens with one attached hydrogen (secondary N) is 1. The number of carbonyl (C=O) groups excluding carboxylic acids is 1. The van der Waals surface area contributed by atoms with E-state index in [1.54, 1.807) is 0 Å². The van der Waals surface area contributed by atoms with Gasteiger partial charge in [-0.15, -0.1) is 0 Å². The number of ether oxygens (including phenoxy) is 1. The van der Waals surface area contributed by atoms with Gasteiger partial charge in [0.25, 0.3) is 0 Å². The highest BCUT2D eigenvalue weighted by Gasteiger charge is 2.31. The predicted molar refractivity (Wildman–Crippen MR) is 79.7 cm³/mol. The Morgan fingerprint density at radius 3 is 2.50 bits per heavy atom. The van der Waals surface area contributed by atoms with Crippen molar-refractivity contribution in [2.45, 2.75) is 32.4 Å². The van der Waals surface area contributed by atoms with Gasteiger partial charge in [-0.05, 0) is 13.3 Å². The third-order valence-electron chi connectivity index (χ3n) is 4.36. The molecule has 2 fully saturated rings. The van der Waals surface area contributed by atoms with Crippen LogP contribution in [0.15, 0.2) is 12.2 Å². The van der Waals surface area contributed by atoms with E-state index in [0.717, 1.165) is 52.4 Å². The van der Waals surface area contributed by atoms with Gasteiger partial charge in [-0.1, -0.05) is 13.5 Å². The molecule has 1 N–H and O–H groups in total. The summed E-state index contributed by atoms with van der Waals surface area (Å²) in [6.07, 6.45) is 0.954. The Hall–Kier alpha value is -0.910. The van der Waals surface area contributed by atoms with E-state index in [9.17, 15) is 4.79 Å². The molecule has 5 heteroatoms. The zero-order valence-corrected chi connectivity index (χ0v) is 12.7. The summed E-state index contributed by atoms with van der Waals surface area (Å²) in [5.74, 6) is -0.00540. The SMILES string of the molecule is C=C(C(=O)NCCC)C(C)N1CCN(C2COC2)CC1. The lowest BCUT2D eigenvalue weighted by molar-refractivity contribution is -0.118. The monoisotopic (exact) mass is 281 g/mol. The van der Waals surface area contributed by atoms with Crippen molar-refractivity contribution >= 4 is 5.91 Å². The second-order valence-corrected chi connectivity index (χ2v) is 5.72. The van der Waals surface area contributed by atoms with E-state index >= 15 is 0 Å². The van der Waals surface area contributed by atoms with Crippen LogP contribution in [-0.2, 0) is 9.53 Å². The molecule has 20 heavy (non-hydrogen) atoms. The third kappa shape index (κ3) is 3.59. The molecular weight excluding hydrogens is 254 g/mol. The van der Waals surface area contributed by atoms with Gasteiger partial charge < -0.3 is 10.1 Å². The minimum Gasteiger partial charge on any atom is -0.378 e. The first-order chi connectivity index (χ1) is 9.63. The van der Waals surface area contributed by atoms with Crippen molar-refractivity contribution in [2.75, 3.05) is 45.9 Å². The summed E-state index contributed by atoms with van der Waals surface area (Å²) in [6, 6.07) is 0.732. The highest BCUT2D eigenvalue weighted by Crippen LogP contribution is 2.17. The summed E-state index contributed by atoms with van der Waals surface area (Å²) in [6.45, 7) is 14.7. The molecule has 0 aromatic carbocycles. The number of amides is 1. The van der Waals surface area contributed by atoms with Gasteiger partial charge in [0.1, 0.15) is 0 Å². The molecule has 0 bridgehead atoms. The first kappa shape index (κ1) is 15.5. The molecule has 2 aliphatic rings. The molecule has 2 heterocycles. The van der Waals surface area contributed by atoms with E-state index in [0.29, 0.717) is 11.6 Å². The third-order valence-corrected chi connectivity index (χ3v) is 4.36. The fraction of sp³-hybridized carbons (Fsp3) is 0.800. The summed E-state index contributed by atoms with van der Waals surface area (Å²) in [7, 11) is 0.